The molecule has 0 saturated carbocycles. The first kappa shape index (κ1) is 13.2. The summed E-state index contributed by atoms with van der Waals surface area (Å²) in [6.07, 6.45) is 8.31. The van der Waals surface area contributed by atoms with Gasteiger partial charge in [0.05, 0.1) is 17.9 Å². The number of hydrogen-bond donors (Lipinski definition) is 2. The van der Waals surface area contributed by atoms with E-state index in [1.165, 1.54) is 0 Å². The zero-order valence-corrected chi connectivity index (χ0v) is 10.8. The molecule has 0 radical (unpaired) electrons. The molecule has 6 heteroatoms. The van der Waals surface area contributed by atoms with Gasteiger partial charge in [-0.15, -0.1) is 0 Å². The standard InChI is InChI=1S/C13H17N5O/c1-2-3-11(14)13(19)17-10-4-5-12(16-8-10)18-7-6-15-9-18/h4-9,11H,2-3,14H2,1H3,(H,17,19)/t11-/m1/s1. The summed E-state index contributed by atoms with van der Waals surface area (Å²) >= 11 is 0. The number of anilines is 1. The van der Waals surface area contributed by atoms with Gasteiger partial charge in [-0.05, 0) is 18.6 Å². The fraction of sp³-hybridized carbons (Fsp3) is 0.308. The van der Waals surface area contributed by atoms with Crippen molar-refractivity contribution in [3.05, 3.63) is 37.1 Å². The number of carbonyl (C=O) groups excluding carboxylic acids is 1. The number of rotatable bonds is 5. The second-order valence-corrected chi connectivity index (χ2v) is 4.26. The average molecular weight is 259 g/mol. The van der Waals surface area contributed by atoms with E-state index in [9.17, 15) is 4.79 Å². The molecule has 19 heavy (non-hydrogen) atoms. The van der Waals surface area contributed by atoms with Gasteiger partial charge in [0.1, 0.15) is 12.1 Å². The maximum Gasteiger partial charge on any atom is 0.241 e. The van der Waals surface area contributed by atoms with Crippen LogP contribution in [-0.2, 0) is 4.79 Å². The molecular formula is C13H17N5O. The molecule has 0 unspecified atom stereocenters. The largest absolute Gasteiger partial charge is 0.323 e. The molecule has 0 spiro atoms. The number of pyridine rings is 1. The summed E-state index contributed by atoms with van der Waals surface area (Å²) in [7, 11) is 0. The minimum atomic E-state index is -0.474. The predicted molar refractivity (Wildman–Crippen MR) is 72.9 cm³/mol. The van der Waals surface area contributed by atoms with Gasteiger partial charge in [-0.1, -0.05) is 13.3 Å². The van der Waals surface area contributed by atoms with Crippen LogP contribution in [0.3, 0.4) is 0 Å². The van der Waals surface area contributed by atoms with Crippen LogP contribution in [0.5, 0.6) is 0 Å². The topological polar surface area (TPSA) is 85.8 Å². The van der Waals surface area contributed by atoms with Gasteiger partial charge in [0.2, 0.25) is 5.91 Å². The Morgan fingerprint density at radius 2 is 2.37 bits per heavy atom. The van der Waals surface area contributed by atoms with Crippen molar-refractivity contribution < 1.29 is 4.79 Å². The fourth-order valence-corrected chi connectivity index (χ4v) is 1.68. The Morgan fingerprint density at radius 1 is 1.53 bits per heavy atom. The predicted octanol–water partition coefficient (Wildman–Crippen LogP) is 1.33. The first-order chi connectivity index (χ1) is 9.20. The molecule has 0 aliphatic carbocycles. The van der Waals surface area contributed by atoms with E-state index in [0.717, 1.165) is 12.2 Å². The van der Waals surface area contributed by atoms with Crippen LogP contribution in [0.2, 0.25) is 0 Å². The highest BCUT2D eigenvalue weighted by molar-refractivity contribution is 5.94. The number of hydrogen-bond acceptors (Lipinski definition) is 4. The maximum absolute atomic E-state index is 11.7. The molecule has 0 bridgehead atoms. The van der Waals surface area contributed by atoms with Gasteiger partial charge in [-0.3, -0.25) is 9.36 Å². The van der Waals surface area contributed by atoms with E-state index in [-0.39, 0.29) is 5.91 Å². The molecular weight excluding hydrogens is 242 g/mol. The lowest BCUT2D eigenvalue weighted by molar-refractivity contribution is -0.117. The molecule has 2 rings (SSSR count). The molecule has 2 aromatic rings. The molecule has 6 nitrogen and oxygen atoms in total. The molecule has 0 aliphatic heterocycles. The molecule has 0 saturated heterocycles. The van der Waals surface area contributed by atoms with E-state index in [2.05, 4.69) is 15.3 Å². The summed E-state index contributed by atoms with van der Waals surface area (Å²) in [6, 6.07) is 3.12. The Labute approximate surface area is 111 Å². The lowest BCUT2D eigenvalue weighted by atomic mass is 10.1. The van der Waals surface area contributed by atoms with Gasteiger partial charge >= 0.3 is 0 Å². The van der Waals surface area contributed by atoms with E-state index in [1.54, 1.807) is 35.6 Å². The van der Waals surface area contributed by atoms with Crippen molar-refractivity contribution in [3.8, 4) is 5.82 Å². The van der Waals surface area contributed by atoms with Gasteiger partial charge in [-0.25, -0.2) is 9.97 Å². The quantitative estimate of drug-likeness (QED) is 0.848. The van der Waals surface area contributed by atoms with Crippen molar-refractivity contribution in [2.45, 2.75) is 25.8 Å². The molecule has 1 amide bonds. The lowest BCUT2D eigenvalue weighted by Gasteiger charge is -2.11. The normalized spacial score (nSPS) is 12.1. The molecule has 1 atom stereocenters. The summed E-state index contributed by atoms with van der Waals surface area (Å²) in [5.41, 5.74) is 6.38. The highest BCUT2D eigenvalue weighted by atomic mass is 16.2. The number of imidazole rings is 1. The minimum Gasteiger partial charge on any atom is -0.323 e. The van der Waals surface area contributed by atoms with E-state index >= 15 is 0 Å². The van der Waals surface area contributed by atoms with Crippen LogP contribution in [0.15, 0.2) is 37.1 Å². The molecule has 0 fully saturated rings. The monoisotopic (exact) mass is 259 g/mol. The van der Waals surface area contributed by atoms with Crippen LogP contribution in [0.1, 0.15) is 19.8 Å². The van der Waals surface area contributed by atoms with Crippen LogP contribution in [0.25, 0.3) is 5.82 Å². The number of aromatic nitrogens is 3. The van der Waals surface area contributed by atoms with Gasteiger partial charge in [0.15, 0.2) is 0 Å². The van der Waals surface area contributed by atoms with Crippen LogP contribution < -0.4 is 11.1 Å². The summed E-state index contributed by atoms with van der Waals surface area (Å²) in [6.45, 7) is 1.99. The first-order valence-electron chi connectivity index (χ1n) is 6.21. The summed E-state index contributed by atoms with van der Waals surface area (Å²) < 4.78 is 1.79. The zero-order chi connectivity index (χ0) is 13.7. The Balaban J connectivity index is 2.01. The summed E-state index contributed by atoms with van der Waals surface area (Å²) in [5, 5.41) is 2.75. The Bertz CT molecular complexity index is 520. The third-order valence-electron chi connectivity index (χ3n) is 2.72. The highest BCUT2D eigenvalue weighted by Gasteiger charge is 2.12. The van der Waals surface area contributed by atoms with Gasteiger partial charge in [0, 0.05) is 12.4 Å². The van der Waals surface area contributed by atoms with Gasteiger partial charge in [-0.2, -0.15) is 0 Å². The van der Waals surface area contributed by atoms with E-state index in [0.29, 0.717) is 12.1 Å². The van der Waals surface area contributed by atoms with Crippen LogP contribution in [-0.4, -0.2) is 26.5 Å². The summed E-state index contributed by atoms with van der Waals surface area (Å²) in [5.74, 6) is 0.562. The highest BCUT2D eigenvalue weighted by Crippen LogP contribution is 2.10. The average Bonchev–Trinajstić information content (AvgIpc) is 2.94. The van der Waals surface area contributed by atoms with Crippen LogP contribution in [0, 0.1) is 0 Å². The van der Waals surface area contributed by atoms with Crippen LogP contribution >= 0.6 is 0 Å². The maximum atomic E-state index is 11.7. The number of carbonyl (C=O) groups is 1. The van der Waals surface area contributed by atoms with Crippen molar-refractivity contribution in [2.75, 3.05) is 5.32 Å². The number of nitrogens with zero attached hydrogens (tertiary/aromatic N) is 3. The molecule has 2 heterocycles. The fourth-order valence-electron chi connectivity index (χ4n) is 1.68. The van der Waals surface area contributed by atoms with Crippen LogP contribution in [0.4, 0.5) is 5.69 Å². The number of amides is 1. The molecule has 0 aliphatic rings. The van der Waals surface area contributed by atoms with Crippen molar-refractivity contribution in [3.63, 3.8) is 0 Å². The Kier molecular flexibility index (Phi) is 4.25. The second kappa shape index (κ2) is 6.10. The van der Waals surface area contributed by atoms with E-state index in [1.807, 2.05) is 13.0 Å². The Morgan fingerprint density at radius 3 is 2.95 bits per heavy atom. The second-order valence-electron chi connectivity index (χ2n) is 4.26. The summed E-state index contributed by atoms with van der Waals surface area (Å²) in [4.78, 5) is 19.9. The van der Waals surface area contributed by atoms with E-state index in [4.69, 9.17) is 5.73 Å². The molecule has 0 aromatic carbocycles. The van der Waals surface area contributed by atoms with Crippen molar-refractivity contribution >= 4 is 11.6 Å². The molecule has 2 aromatic heterocycles. The third kappa shape index (κ3) is 3.38. The lowest BCUT2D eigenvalue weighted by Crippen LogP contribution is -2.35. The zero-order valence-electron chi connectivity index (χ0n) is 10.8. The minimum absolute atomic E-state index is 0.181. The van der Waals surface area contributed by atoms with Crippen molar-refractivity contribution in [1.82, 2.24) is 14.5 Å². The smallest absolute Gasteiger partial charge is 0.241 e. The van der Waals surface area contributed by atoms with E-state index < -0.39 is 6.04 Å². The third-order valence-corrected chi connectivity index (χ3v) is 2.72. The van der Waals surface area contributed by atoms with Gasteiger partial charge in [0.25, 0.3) is 0 Å². The molecule has 100 valence electrons. The number of nitrogens with two attached hydrogens (primary N) is 1. The SMILES string of the molecule is CCC[C@@H](N)C(=O)Nc1ccc(-n2ccnc2)nc1. The Hall–Kier alpha value is -2.21. The van der Waals surface area contributed by atoms with Gasteiger partial charge < -0.3 is 11.1 Å². The number of nitrogens with one attached hydrogen (secondary N) is 1. The molecule has 3 N–H and O–H groups in total. The van der Waals surface area contributed by atoms with Crippen molar-refractivity contribution in [2.24, 2.45) is 5.73 Å². The first-order valence-corrected chi connectivity index (χ1v) is 6.21. The van der Waals surface area contributed by atoms with Crippen molar-refractivity contribution in [1.29, 1.82) is 0 Å².